The van der Waals surface area contributed by atoms with Crippen molar-refractivity contribution in [3.8, 4) is 0 Å². The summed E-state index contributed by atoms with van der Waals surface area (Å²) in [4.78, 5) is 22.4. The van der Waals surface area contributed by atoms with Crippen molar-refractivity contribution < 1.29 is 18.0 Å². The van der Waals surface area contributed by atoms with Gasteiger partial charge in [0, 0.05) is 49.7 Å². The molecule has 1 aromatic heterocycles. The number of hydrogen-bond donors (Lipinski definition) is 0. The molecule has 0 radical (unpaired) electrons. The Balaban J connectivity index is 1.67. The minimum atomic E-state index is -4.44. The fourth-order valence-electron chi connectivity index (χ4n) is 3.30. The molecule has 1 fully saturated rings. The molecule has 8 heteroatoms. The molecule has 1 atom stereocenters. The Hall–Kier alpha value is -1.93. The van der Waals surface area contributed by atoms with Crippen molar-refractivity contribution in [1.29, 1.82) is 0 Å². The van der Waals surface area contributed by atoms with E-state index >= 15 is 0 Å². The van der Waals surface area contributed by atoms with Gasteiger partial charge >= 0.3 is 6.18 Å². The minimum absolute atomic E-state index is 0.143. The largest absolute Gasteiger partial charge is 0.416 e. The van der Waals surface area contributed by atoms with Crippen molar-refractivity contribution in [2.75, 3.05) is 32.1 Å². The van der Waals surface area contributed by atoms with Crippen LogP contribution in [-0.4, -0.2) is 42.9 Å². The molecule has 2 heterocycles. The molecule has 0 spiro atoms. The third-order valence-corrected chi connectivity index (χ3v) is 5.80. The van der Waals surface area contributed by atoms with E-state index in [2.05, 4.69) is 9.88 Å². The van der Waals surface area contributed by atoms with Gasteiger partial charge in [0.05, 0.1) is 5.56 Å². The maximum atomic E-state index is 12.9. The number of carbonyl (C=O) groups is 1. The number of benzene rings is 1. The number of aromatic nitrogens is 1. The summed E-state index contributed by atoms with van der Waals surface area (Å²) in [5.74, 6) is -0.479. The van der Waals surface area contributed by atoms with Crippen LogP contribution in [0.2, 0.25) is 0 Å². The zero-order chi connectivity index (χ0) is 19.6. The lowest BCUT2D eigenvalue weighted by molar-refractivity contribution is -0.137. The highest BCUT2D eigenvalue weighted by molar-refractivity contribution is 7.15. The van der Waals surface area contributed by atoms with Crippen molar-refractivity contribution in [2.24, 2.45) is 5.92 Å². The number of alkyl halides is 3. The van der Waals surface area contributed by atoms with E-state index in [-0.39, 0.29) is 17.3 Å². The van der Waals surface area contributed by atoms with Gasteiger partial charge in [0.15, 0.2) is 10.9 Å². The van der Waals surface area contributed by atoms with Crippen LogP contribution < -0.4 is 4.90 Å². The van der Waals surface area contributed by atoms with Crippen LogP contribution in [0.1, 0.15) is 33.6 Å². The molecule has 0 aliphatic carbocycles. The first-order valence-electron chi connectivity index (χ1n) is 8.80. The van der Waals surface area contributed by atoms with Gasteiger partial charge in [-0.1, -0.05) is 12.1 Å². The third-order valence-electron chi connectivity index (χ3n) is 4.65. The van der Waals surface area contributed by atoms with Gasteiger partial charge in [-0.2, -0.15) is 13.2 Å². The number of rotatable bonds is 5. The zero-order valence-electron chi connectivity index (χ0n) is 15.3. The molecule has 1 aliphatic rings. The molecule has 0 amide bonds. The summed E-state index contributed by atoms with van der Waals surface area (Å²) in [7, 11) is 3.88. The topological polar surface area (TPSA) is 36.4 Å². The van der Waals surface area contributed by atoms with Crippen LogP contribution in [0.4, 0.5) is 18.3 Å². The lowest BCUT2D eigenvalue weighted by Crippen LogP contribution is -2.38. The lowest BCUT2D eigenvalue weighted by atomic mass is 9.89. The average molecular weight is 397 g/mol. The Morgan fingerprint density at radius 2 is 2.15 bits per heavy atom. The molecule has 1 saturated heterocycles. The zero-order valence-corrected chi connectivity index (χ0v) is 16.1. The first-order valence-corrected chi connectivity index (χ1v) is 9.61. The minimum Gasteiger partial charge on any atom is -0.354 e. The number of Topliss-reactive ketones (excluding diaryl/α,β-unsaturated/α-hetero) is 1. The number of likely N-dealkylation sites (tertiary alicyclic amines) is 1. The summed E-state index contributed by atoms with van der Waals surface area (Å²) in [6, 6.07) is 4.74. The Bertz CT molecular complexity index is 803. The van der Waals surface area contributed by atoms with Crippen molar-refractivity contribution in [1.82, 2.24) is 9.88 Å². The van der Waals surface area contributed by atoms with Gasteiger partial charge in [-0.25, -0.2) is 4.98 Å². The van der Waals surface area contributed by atoms with E-state index in [0.29, 0.717) is 19.5 Å². The van der Waals surface area contributed by atoms with Gasteiger partial charge in [-0.05, 0) is 31.5 Å². The summed E-state index contributed by atoms with van der Waals surface area (Å²) in [6.07, 6.45) is -1.03. The highest BCUT2D eigenvalue weighted by Crippen LogP contribution is 2.31. The average Bonchev–Trinajstić information content (AvgIpc) is 3.09. The molecular weight excluding hydrogens is 375 g/mol. The smallest absolute Gasteiger partial charge is 0.354 e. The molecule has 4 nitrogen and oxygen atoms in total. The maximum absolute atomic E-state index is 12.9. The van der Waals surface area contributed by atoms with Crippen LogP contribution in [0.3, 0.4) is 0 Å². The number of carbonyl (C=O) groups excluding carboxylic acids is 1. The van der Waals surface area contributed by atoms with E-state index < -0.39 is 11.7 Å². The van der Waals surface area contributed by atoms with Crippen molar-refractivity contribution in [2.45, 2.75) is 25.6 Å². The van der Waals surface area contributed by atoms with Gasteiger partial charge in [0.1, 0.15) is 0 Å². The van der Waals surface area contributed by atoms with Crippen molar-refractivity contribution >= 4 is 22.3 Å². The second kappa shape index (κ2) is 7.98. The van der Waals surface area contributed by atoms with E-state index in [1.165, 1.54) is 12.1 Å². The summed E-state index contributed by atoms with van der Waals surface area (Å²) < 4.78 is 38.7. The maximum Gasteiger partial charge on any atom is 0.416 e. The summed E-state index contributed by atoms with van der Waals surface area (Å²) >= 11 is 1.61. The van der Waals surface area contributed by atoms with Crippen LogP contribution in [-0.2, 0) is 12.7 Å². The normalized spacial score (nSPS) is 18.5. The molecule has 27 heavy (non-hydrogen) atoms. The predicted octanol–water partition coefficient (Wildman–Crippen LogP) is 4.32. The van der Waals surface area contributed by atoms with Gasteiger partial charge < -0.3 is 4.90 Å². The molecule has 146 valence electrons. The molecule has 0 N–H and O–H groups in total. The van der Waals surface area contributed by atoms with Crippen LogP contribution in [0.15, 0.2) is 30.5 Å². The Labute approximate surface area is 160 Å². The SMILES string of the molecule is CN(C)c1ncc(CN2CCCC(C(=O)c3cccc(C(F)(F)F)c3)C2)s1. The second-order valence-electron chi connectivity index (χ2n) is 7.02. The number of halogens is 3. The number of thiazole rings is 1. The van der Waals surface area contributed by atoms with E-state index in [1.807, 2.05) is 25.2 Å². The number of hydrogen-bond acceptors (Lipinski definition) is 5. The Morgan fingerprint density at radius 1 is 1.37 bits per heavy atom. The van der Waals surface area contributed by atoms with Gasteiger partial charge in [0.25, 0.3) is 0 Å². The van der Waals surface area contributed by atoms with Gasteiger partial charge in [-0.3, -0.25) is 9.69 Å². The van der Waals surface area contributed by atoms with E-state index in [9.17, 15) is 18.0 Å². The van der Waals surface area contributed by atoms with Crippen LogP contribution in [0.25, 0.3) is 0 Å². The van der Waals surface area contributed by atoms with Crippen LogP contribution in [0.5, 0.6) is 0 Å². The summed E-state index contributed by atoms with van der Waals surface area (Å²) in [5.41, 5.74) is -0.633. The predicted molar refractivity (Wildman–Crippen MR) is 100 cm³/mol. The first kappa shape index (κ1) is 19.8. The van der Waals surface area contributed by atoms with E-state index in [0.717, 1.165) is 35.1 Å². The number of piperidine rings is 1. The number of ketones is 1. The monoisotopic (exact) mass is 397 g/mol. The molecule has 3 rings (SSSR count). The molecular formula is C19H22F3N3OS. The lowest BCUT2D eigenvalue weighted by Gasteiger charge is -2.31. The highest BCUT2D eigenvalue weighted by atomic mass is 32.1. The molecule has 1 aliphatic heterocycles. The second-order valence-corrected chi connectivity index (χ2v) is 8.11. The van der Waals surface area contributed by atoms with E-state index in [1.54, 1.807) is 11.3 Å². The van der Waals surface area contributed by atoms with Crippen molar-refractivity contribution in [3.05, 3.63) is 46.5 Å². The number of anilines is 1. The van der Waals surface area contributed by atoms with Gasteiger partial charge in [0.2, 0.25) is 0 Å². The highest BCUT2D eigenvalue weighted by Gasteiger charge is 2.32. The molecule has 0 bridgehead atoms. The Kier molecular flexibility index (Phi) is 5.86. The van der Waals surface area contributed by atoms with Crippen LogP contribution >= 0.6 is 11.3 Å². The van der Waals surface area contributed by atoms with E-state index in [4.69, 9.17) is 0 Å². The molecule has 2 aromatic rings. The number of nitrogens with zero attached hydrogens (tertiary/aromatic N) is 3. The fraction of sp³-hybridized carbons (Fsp3) is 0.474. The van der Waals surface area contributed by atoms with Crippen LogP contribution in [0, 0.1) is 5.92 Å². The summed E-state index contributed by atoms with van der Waals surface area (Å²) in [5, 5.41) is 0.929. The molecule has 1 aromatic carbocycles. The standard InChI is InChI=1S/C19H22F3N3OS/c1-24(2)18-23-10-16(27-18)12-25-8-4-6-14(11-25)17(26)13-5-3-7-15(9-13)19(20,21)22/h3,5,7,9-10,14H,4,6,8,11-12H2,1-2H3. The quantitative estimate of drug-likeness (QED) is 0.704. The third kappa shape index (κ3) is 4.87. The Morgan fingerprint density at radius 3 is 2.81 bits per heavy atom. The van der Waals surface area contributed by atoms with Crippen molar-refractivity contribution in [3.63, 3.8) is 0 Å². The fourth-order valence-corrected chi connectivity index (χ4v) is 4.17. The first-order chi connectivity index (χ1) is 12.7. The summed E-state index contributed by atoms with van der Waals surface area (Å²) in [6.45, 7) is 2.14. The molecule has 0 saturated carbocycles. The molecule has 1 unspecified atom stereocenters. The van der Waals surface area contributed by atoms with Gasteiger partial charge in [-0.15, -0.1) is 11.3 Å².